The summed E-state index contributed by atoms with van der Waals surface area (Å²) in [5, 5.41) is 3.49. The van der Waals surface area contributed by atoms with Crippen molar-refractivity contribution in [2.45, 2.75) is 51.0 Å². The van der Waals surface area contributed by atoms with Crippen LogP contribution in [0.1, 0.15) is 44.9 Å². The van der Waals surface area contributed by atoms with Crippen molar-refractivity contribution in [3.8, 4) is 0 Å². The first kappa shape index (κ1) is 15.2. The minimum Gasteiger partial charge on any atom is -0.469 e. The topological polar surface area (TPSA) is 38.3 Å². The highest BCUT2D eigenvalue weighted by molar-refractivity contribution is 7.99. The second-order valence-electron chi connectivity index (χ2n) is 6.21. The first-order chi connectivity index (χ1) is 9.19. The Labute approximate surface area is 121 Å². The fourth-order valence-electron chi connectivity index (χ4n) is 3.14. The van der Waals surface area contributed by atoms with Gasteiger partial charge in [-0.25, -0.2) is 0 Å². The number of methoxy groups -OCH3 is 1. The number of hydrogen-bond acceptors (Lipinski definition) is 4. The fraction of sp³-hybridized carbons (Fsp3) is 0.933. The molecule has 0 aromatic heterocycles. The van der Waals surface area contributed by atoms with Gasteiger partial charge < -0.3 is 10.1 Å². The molecule has 2 aliphatic rings. The Bertz CT molecular complexity index is 299. The molecule has 0 aromatic carbocycles. The quantitative estimate of drug-likeness (QED) is 0.696. The average Bonchev–Trinajstić information content (AvgIpc) is 2.95. The van der Waals surface area contributed by atoms with Crippen molar-refractivity contribution in [3.63, 3.8) is 0 Å². The number of esters is 1. The second kappa shape index (κ2) is 6.98. The summed E-state index contributed by atoms with van der Waals surface area (Å²) >= 11 is 2.02. The lowest BCUT2D eigenvalue weighted by Gasteiger charge is -2.23. The van der Waals surface area contributed by atoms with Crippen LogP contribution in [0, 0.1) is 11.3 Å². The fourth-order valence-corrected chi connectivity index (χ4v) is 4.78. The summed E-state index contributed by atoms with van der Waals surface area (Å²) in [6.07, 6.45) is 8.59. The predicted molar refractivity (Wildman–Crippen MR) is 80.4 cm³/mol. The van der Waals surface area contributed by atoms with E-state index >= 15 is 0 Å². The third kappa shape index (κ3) is 4.38. The summed E-state index contributed by atoms with van der Waals surface area (Å²) in [7, 11) is 3.58. The number of carbonyl (C=O) groups excluding carboxylic acids is 1. The minimum atomic E-state index is -0.0425. The summed E-state index contributed by atoms with van der Waals surface area (Å²) in [6, 6.07) is 0.654. The Balaban J connectivity index is 1.68. The molecule has 0 aliphatic heterocycles. The number of ether oxygens (including phenoxy) is 1. The smallest absolute Gasteiger partial charge is 0.306 e. The minimum absolute atomic E-state index is 0.0425. The van der Waals surface area contributed by atoms with E-state index in [4.69, 9.17) is 4.74 Å². The van der Waals surface area contributed by atoms with Crippen molar-refractivity contribution < 1.29 is 9.53 Å². The monoisotopic (exact) mass is 285 g/mol. The molecule has 2 fully saturated rings. The molecule has 2 saturated carbocycles. The average molecular weight is 285 g/mol. The van der Waals surface area contributed by atoms with Crippen LogP contribution in [-0.4, -0.2) is 37.7 Å². The van der Waals surface area contributed by atoms with Crippen LogP contribution < -0.4 is 5.32 Å². The van der Waals surface area contributed by atoms with Crippen LogP contribution in [0.4, 0.5) is 0 Å². The Morgan fingerprint density at radius 3 is 2.63 bits per heavy atom. The van der Waals surface area contributed by atoms with Crippen LogP contribution in [0.25, 0.3) is 0 Å². The van der Waals surface area contributed by atoms with Gasteiger partial charge in [-0.15, -0.1) is 0 Å². The first-order valence-electron chi connectivity index (χ1n) is 7.51. The van der Waals surface area contributed by atoms with E-state index in [1.54, 1.807) is 0 Å². The normalized spacial score (nSPS) is 23.3. The van der Waals surface area contributed by atoms with Gasteiger partial charge in [-0.2, -0.15) is 11.8 Å². The van der Waals surface area contributed by atoms with Crippen LogP contribution in [-0.2, 0) is 9.53 Å². The number of rotatable bonds is 8. The molecular formula is C15H27NO2S. The molecule has 2 rings (SSSR count). The van der Waals surface area contributed by atoms with E-state index in [0.29, 0.717) is 12.5 Å². The zero-order valence-electron chi connectivity index (χ0n) is 12.2. The highest BCUT2D eigenvalue weighted by Gasteiger charge is 2.44. The van der Waals surface area contributed by atoms with Crippen molar-refractivity contribution in [1.82, 2.24) is 5.32 Å². The van der Waals surface area contributed by atoms with Crippen molar-refractivity contribution in [1.29, 1.82) is 0 Å². The number of nitrogens with one attached hydrogen (secondary N) is 1. The molecule has 0 saturated heterocycles. The van der Waals surface area contributed by atoms with Gasteiger partial charge in [-0.1, -0.05) is 12.8 Å². The summed E-state index contributed by atoms with van der Waals surface area (Å²) in [5.41, 5.74) is 0.270. The van der Waals surface area contributed by atoms with Gasteiger partial charge in [0, 0.05) is 11.8 Å². The lowest BCUT2D eigenvalue weighted by Crippen LogP contribution is -2.34. The summed E-state index contributed by atoms with van der Waals surface area (Å²) < 4.78 is 4.80. The van der Waals surface area contributed by atoms with Crippen molar-refractivity contribution in [3.05, 3.63) is 0 Å². The van der Waals surface area contributed by atoms with E-state index in [0.717, 1.165) is 11.7 Å². The van der Waals surface area contributed by atoms with Crippen LogP contribution in [0.3, 0.4) is 0 Å². The van der Waals surface area contributed by atoms with Gasteiger partial charge in [0.25, 0.3) is 0 Å². The highest BCUT2D eigenvalue weighted by Crippen LogP contribution is 2.51. The van der Waals surface area contributed by atoms with E-state index in [1.165, 1.54) is 51.4 Å². The maximum Gasteiger partial charge on any atom is 0.306 e. The molecule has 3 nitrogen and oxygen atoms in total. The zero-order valence-corrected chi connectivity index (χ0v) is 13.1. The molecule has 0 bridgehead atoms. The van der Waals surface area contributed by atoms with Gasteiger partial charge in [-0.05, 0) is 49.8 Å². The Morgan fingerprint density at radius 2 is 2.11 bits per heavy atom. The predicted octanol–water partition coefficient (Wildman–Crippen LogP) is 2.84. The van der Waals surface area contributed by atoms with Gasteiger partial charge in [0.05, 0.1) is 13.5 Å². The lowest BCUT2D eigenvalue weighted by molar-refractivity contribution is -0.141. The van der Waals surface area contributed by atoms with Crippen LogP contribution in [0.2, 0.25) is 0 Å². The Hall–Kier alpha value is -0.220. The molecule has 0 radical (unpaired) electrons. The molecule has 0 amide bonds. The van der Waals surface area contributed by atoms with Crippen molar-refractivity contribution >= 4 is 17.7 Å². The molecule has 1 atom stereocenters. The number of hydrogen-bond donors (Lipinski definition) is 1. The summed E-state index contributed by atoms with van der Waals surface area (Å²) in [4.78, 5) is 11.4. The SMILES string of the molecule is CNC(CSCC1(CC(=O)OC)CC1)C1CCCC1. The summed E-state index contributed by atoms with van der Waals surface area (Å²) in [5.74, 6) is 3.13. The molecule has 0 spiro atoms. The molecule has 1 unspecified atom stereocenters. The molecule has 1 N–H and O–H groups in total. The molecule has 4 heteroatoms. The third-order valence-corrected chi connectivity index (χ3v) is 6.16. The molecule has 0 aromatic rings. The molecule has 19 heavy (non-hydrogen) atoms. The van der Waals surface area contributed by atoms with E-state index in [-0.39, 0.29) is 11.4 Å². The van der Waals surface area contributed by atoms with E-state index in [9.17, 15) is 4.79 Å². The number of thioether (sulfide) groups is 1. The van der Waals surface area contributed by atoms with Crippen LogP contribution in [0.15, 0.2) is 0 Å². The molecular weight excluding hydrogens is 258 g/mol. The molecule has 2 aliphatic carbocycles. The van der Waals surface area contributed by atoms with E-state index in [2.05, 4.69) is 12.4 Å². The Morgan fingerprint density at radius 1 is 1.42 bits per heavy atom. The highest BCUT2D eigenvalue weighted by atomic mass is 32.2. The Kier molecular flexibility index (Phi) is 5.58. The van der Waals surface area contributed by atoms with E-state index < -0.39 is 0 Å². The molecule has 0 heterocycles. The van der Waals surface area contributed by atoms with Gasteiger partial charge in [0.2, 0.25) is 0 Å². The number of carbonyl (C=O) groups is 1. The van der Waals surface area contributed by atoms with Crippen LogP contribution >= 0.6 is 11.8 Å². The largest absolute Gasteiger partial charge is 0.469 e. The molecule has 110 valence electrons. The maximum atomic E-state index is 11.4. The van der Waals surface area contributed by atoms with E-state index in [1.807, 2.05) is 11.8 Å². The second-order valence-corrected chi connectivity index (χ2v) is 7.24. The van der Waals surface area contributed by atoms with Gasteiger partial charge >= 0.3 is 5.97 Å². The third-order valence-electron chi connectivity index (χ3n) is 4.75. The standard InChI is InChI=1S/C15H27NO2S/c1-16-13(12-5-3-4-6-12)10-19-11-15(7-8-15)9-14(17)18-2/h12-13,16H,3-11H2,1-2H3. The van der Waals surface area contributed by atoms with Gasteiger partial charge in [0.1, 0.15) is 0 Å². The van der Waals surface area contributed by atoms with Crippen molar-refractivity contribution in [2.24, 2.45) is 11.3 Å². The summed E-state index contributed by atoms with van der Waals surface area (Å²) in [6.45, 7) is 0. The van der Waals surface area contributed by atoms with Gasteiger partial charge in [0.15, 0.2) is 0 Å². The van der Waals surface area contributed by atoms with Gasteiger partial charge in [-0.3, -0.25) is 4.79 Å². The van der Waals surface area contributed by atoms with Crippen LogP contribution in [0.5, 0.6) is 0 Å². The first-order valence-corrected chi connectivity index (χ1v) is 8.66. The van der Waals surface area contributed by atoms with Crippen molar-refractivity contribution in [2.75, 3.05) is 25.7 Å². The maximum absolute atomic E-state index is 11.4. The lowest BCUT2D eigenvalue weighted by atomic mass is 10.0. The zero-order chi connectivity index (χ0) is 13.7.